The van der Waals surface area contributed by atoms with Crippen molar-refractivity contribution in [2.75, 3.05) is 12.0 Å². The minimum absolute atomic E-state index is 0.803. The lowest BCUT2D eigenvalue weighted by Crippen LogP contribution is -1.99. The van der Waals surface area contributed by atoms with E-state index in [1.807, 2.05) is 17.8 Å². The lowest BCUT2D eigenvalue weighted by molar-refractivity contribution is 0.784. The molecular weight excluding hydrogens is 292 g/mol. The Morgan fingerprint density at radius 1 is 1.53 bits per heavy atom. The number of aromatic amines is 1. The van der Waals surface area contributed by atoms with E-state index in [-0.39, 0.29) is 0 Å². The Morgan fingerprint density at radius 2 is 2.33 bits per heavy atom. The summed E-state index contributed by atoms with van der Waals surface area (Å²) in [4.78, 5) is 3.22. The smallest absolute Gasteiger partial charge is 0.178 e. The highest BCUT2D eigenvalue weighted by atomic mass is 79.9. The van der Waals surface area contributed by atoms with Gasteiger partial charge in [0.15, 0.2) is 4.77 Å². The van der Waals surface area contributed by atoms with Crippen molar-refractivity contribution in [3.63, 3.8) is 0 Å². The summed E-state index contributed by atoms with van der Waals surface area (Å²) < 4.78 is 4.02. The molecule has 1 heterocycles. The Hall–Kier alpha value is -0.260. The Morgan fingerprint density at radius 3 is 3.07 bits per heavy atom. The molecule has 0 unspecified atom stereocenters. The number of H-pyrrole nitrogens is 1. The van der Waals surface area contributed by atoms with Crippen LogP contribution in [0.1, 0.15) is 0 Å². The molecule has 0 saturated heterocycles. The predicted octanol–water partition coefficient (Wildman–Crippen LogP) is 3.82. The summed E-state index contributed by atoms with van der Waals surface area (Å²) in [6.07, 6.45) is 2.11. The molecule has 0 aliphatic heterocycles. The molecule has 1 aromatic carbocycles. The molecule has 80 valence electrons. The van der Waals surface area contributed by atoms with Crippen molar-refractivity contribution in [1.29, 1.82) is 0 Å². The highest BCUT2D eigenvalue weighted by Gasteiger charge is 2.03. The molecule has 2 nitrogen and oxygen atoms in total. The number of nitrogens with one attached hydrogen (secondary N) is 1. The van der Waals surface area contributed by atoms with E-state index in [1.54, 1.807) is 0 Å². The number of aromatic nitrogens is 2. The predicted molar refractivity (Wildman–Crippen MR) is 73.2 cm³/mol. The van der Waals surface area contributed by atoms with Crippen LogP contribution in [0.4, 0.5) is 0 Å². The number of fused-ring (bicyclic) bond motifs is 1. The van der Waals surface area contributed by atoms with Gasteiger partial charge in [0.2, 0.25) is 0 Å². The van der Waals surface area contributed by atoms with E-state index in [0.29, 0.717) is 0 Å². The number of benzene rings is 1. The van der Waals surface area contributed by atoms with Crippen molar-refractivity contribution < 1.29 is 0 Å². The largest absolute Gasteiger partial charge is 0.331 e. The van der Waals surface area contributed by atoms with E-state index in [9.17, 15) is 0 Å². The zero-order valence-electron chi connectivity index (χ0n) is 8.29. The van der Waals surface area contributed by atoms with Crippen LogP contribution in [-0.4, -0.2) is 21.6 Å². The second-order valence-electron chi connectivity index (χ2n) is 3.24. The zero-order valence-corrected chi connectivity index (χ0v) is 11.5. The van der Waals surface area contributed by atoms with Crippen LogP contribution in [0.2, 0.25) is 0 Å². The number of imidazole rings is 1. The highest BCUT2D eigenvalue weighted by Crippen LogP contribution is 2.19. The average Bonchev–Trinajstić information content (AvgIpc) is 2.50. The molecule has 2 rings (SSSR count). The first-order chi connectivity index (χ1) is 7.22. The Kier molecular flexibility index (Phi) is 3.53. The van der Waals surface area contributed by atoms with Gasteiger partial charge in [0.05, 0.1) is 11.0 Å². The van der Waals surface area contributed by atoms with Crippen LogP contribution in [0.5, 0.6) is 0 Å². The van der Waals surface area contributed by atoms with Crippen LogP contribution < -0.4 is 0 Å². The molecule has 15 heavy (non-hydrogen) atoms. The Balaban J connectivity index is 2.53. The van der Waals surface area contributed by atoms with E-state index < -0.39 is 0 Å². The fourth-order valence-electron chi connectivity index (χ4n) is 1.54. The summed E-state index contributed by atoms with van der Waals surface area (Å²) in [6, 6.07) is 6.19. The van der Waals surface area contributed by atoms with Crippen molar-refractivity contribution in [2.45, 2.75) is 6.54 Å². The summed E-state index contributed by atoms with van der Waals surface area (Å²) >= 11 is 10.6. The molecule has 0 amide bonds. The zero-order chi connectivity index (χ0) is 10.8. The SMILES string of the molecule is CSCCn1c(=S)[nH]c2cc(Br)ccc21. The van der Waals surface area contributed by atoms with Crippen LogP contribution in [-0.2, 0) is 6.54 Å². The van der Waals surface area contributed by atoms with Crippen molar-refractivity contribution in [1.82, 2.24) is 9.55 Å². The topological polar surface area (TPSA) is 20.7 Å². The summed E-state index contributed by atoms with van der Waals surface area (Å²) in [5, 5.41) is 0. The summed E-state index contributed by atoms with van der Waals surface area (Å²) in [5.74, 6) is 1.08. The second-order valence-corrected chi connectivity index (χ2v) is 5.52. The first kappa shape index (κ1) is 11.2. The van der Waals surface area contributed by atoms with Crippen LogP contribution in [0, 0.1) is 4.77 Å². The maximum Gasteiger partial charge on any atom is 0.178 e. The molecule has 2 aromatic rings. The van der Waals surface area contributed by atoms with Gasteiger partial charge in [-0.2, -0.15) is 11.8 Å². The van der Waals surface area contributed by atoms with E-state index in [4.69, 9.17) is 12.2 Å². The minimum Gasteiger partial charge on any atom is -0.331 e. The maximum atomic E-state index is 5.29. The van der Waals surface area contributed by atoms with Gasteiger partial charge in [-0.15, -0.1) is 0 Å². The molecule has 0 aliphatic carbocycles. The average molecular weight is 303 g/mol. The van der Waals surface area contributed by atoms with Gasteiger partial charge in [-0.1, -0.05) is 15.9 Å². The summed E-state index contributed by atoms with van der Waals surface area (Å²) in [5.41, 5.74) is 2.27. The van der Waals surface area contributed by atoms with E-state index in [2.05, 4.69) is 43.9 Å². The van der Waals surface area contributed by atoms with Gasteiger partial charge < -0.3 is 9.55 Å². The fraction of sp³-hybridized carbons (Fsp3) is 0.300. The minimum atomic E-state index is 0.803. The number of halogens is 1. The van der Waals surface area contributed by atoms with Gasteiger partial charge in [0.25, 0.3) is 0 Å². The van der Waals surface area contributed by atoms with Crippen molar-refractivity contribution in [3.05, 3.63) is 27.4 Å². The van der Waals surface area contributed by atoms with Crippen molar-refractivity contribution >= 4 is 50.9 Å². The third kappa shape index (κ3) is 2.29. The van der Waals surface area contributed by atoms with Crippen LogP contribution in [0.25, 0.3) is 11.0 Å². The summed E-state index contributed by atoms with van der Waals surface area (Å²) in [7, 11) is 0. The molecule has 0 radical (unpaired) electrons. The molecule has 0 bridgehead atoms. The summed E-state index contributed by atoms with van der Waals surface area (Å²) in [6.45, 7) is 0.960. The number of nitrogens with zero attached hydrogens (tertiary/aromatic N) is 1. The van der Waals surface area contributed by atoms with Crippen LogP contribution in [0.3, 0.4) is 0 Å². The van der Waals surface area contributed by atoms with Gasteiger partial charge in [-0.25, -0.2) is 0 Å². The normalized spacial score (nSPS) is 11.1. The van der Waals surface area contributed by atoms with E-state index in [0.717, 1.165) is 27.1 Å². The molecule has 1 N–H and O–H groups in total. The molecule has 0 aliphatic rings. The van der Waals surface area contributed by atoms with Gasteiger partial charge in [0.1, 0.15) is 0 Å². The quantitative estimate of drug-likeness (QED) is 0.870. The second kappa shape index (κ2) is 4.72. The van der Waals surface area contributed by atoms with E-state index in [1.165, 1.54) is 5.52 Å². The van der Waals surface area contributed by atoms with Crippen LogP contribution in [0.15, 0.2) is 22.7 Å². The molecular formula is C10H11BrN2S2. The third-order valence-electron chi connectivity index (χ3n) is 2.26. The number of hydrogen-bond donors (Lipinski definition) is 1. The van der Waals surface area contributed by atoms with Gasteiger partial charge in [0, 0.05) is 16.8 Å². The van der Waals surface area contributed by atoms with Gasteiger partial charge in [-0.05, 0) is 36.7 Å². The molecule has 0 fully saturated rings. The Labute approximate surface area is 106 Å². The lowest BCUT2D eigenvalue weighted by atomic mass is 10.3. The lowest BCUT2D eigenvalue weighted by Gasteiger charge is -2.02. The first-order valence-electron chi connectivity index (χ1n) is 4.59. The molecule has 0 saturated carbocycles. The first-order valence-corrected chi connectivity index (χ1v) is 7.19. The molecule has 0 spiro atoms. The van der Waals surface area contributed by atoms with Crippen molar-refractivity contribution in [2.24, 2.45) is 0 Å². The van der Waals surface area contributed by atoms with Crippen LogP contribution >= 0.6 is 39.9 Å². The molecule has 0 atom stereocenters. The molecule has 1 aromatic heterocycles. The number of rotatable bonds is 3. The standard InChI is InChI=1S/C10H11BrN2S2/c1-15-5-4-13-9-3-2-7(11)6-8(9)12-10(13)14/h2-3,6H,4-5H2,1H3,(H,12,14). The maximum absolute atomic E-state index is 5.29. The van der Waals surface area contributed by atoms with Gasteiger partial charge in [-0.3, -0.25) is 0 Å². The van der Waals surface area contributed by atoms with Crippen molar-refractivity contribution in [3.8, 4) is 0 Å². The number of aryl methyl sites for hydroxylation is 1. The molecule has 5 heteroatoms. The monoisotopic (exact) mass is 302 g/mol. The highest BCUT2D eigenvalue weighted by molar-refractivity contribution is 9.10. The van der Waals surface area contributed by atoms with Gasteiger partial charge >= 0.3 is 0 Å². The number of thioether (sulfide) groups is 1. The number of hydrogen-bond acceptors (Lipinski definition) is 2. The Bertz CT molecular complexity index is 530. The fourth-order valence-corrected chi connectivity index (χ4v) is 2.57. The van der Waals surface area contributed by atoms with E-state index >= 15 is 0 Å². The third-order valence-corrected chi connectivity index (χ3v) is 3.66.